The summed E-state index contributed by atoms with van der Waals surface area (Å²) in [5.41, 5.74) is 1.05. The summed E-state index contributed by atoms with van der Waals surface area (Å²) < 4.78 is 0.566. The second-order valence-electron chi connectivity index (χ2n) is 2.87. The first-order valence-corrected chi connectivity index (χ1v) is 4.97. The van der Waals surface area contributed by atoms with Gasteiger partial charge in [0, 0.05) is 15.1 Å². The molecule has 1 atom stereocenters. The molecule has 2 N–H and O–H groups in total. The van der Waals surface area contributed by atoms with Crippen LogP contribution in [0.25, 0.3) is 0 Å². The molecule has 0 aromatic heterocycles. The number of halogens is 2. The average molecular weight is 280 g/mol. The molecule has 76 valence electrons. The van der Waals surface area contributed by atoms with Crippen molar-refractivity contribution in [3.05, 3.63) is 32.8 Å². The summed E-state index contributed by atoms with van der Waals surface area (Å²) in [5, 5.41) is 18.4. The van der Waals surface area contributed by atoms with E-state index in [1.807, 2.05) is 0 Å². The second kappa shape index (κ2) is 4.29. The Labute approximate surface area is 94.4 Å². The first-order valence-electron chi connectivity index (χ1n) is 3.80. The number of aliphatic hydroxyl groups excluding tert-OH is 1. The summed E-state index contributed by atoms with van der Waals surface area (Å²) in [6.07, 6.45) is -1.55. The maximum Gasteiger partial charge on any atom is 0.337 e. The first kappa shape index (κ1) is 11.5. The van der Waals surface area contributed by atoms with Crippen molar-refractivity contribution in [2.45, 2.75) is 13.0 Å². The van der Waals surface area contributed by atoms with Gasteiger partial charge in [-0.25, -0.2) is 4.79 Å². The summed E-state index contributed by atoms with van der Waals surface area (Å²) in [5.74, 6) is -1.30. The molecule has 0 radical (unpaired) electrons. The van der Waals surface area contributed by atoms with E-state index in [2.05, 4.69) is 15.9 Å². The van der Waals surface area contributed by atoms with E-state index in [-0.39, 0.29) is 5.56 Å². The topological polar surface area (TPSA) is 57.5 Å². The lowest BCUT2D eigenvalue weighted by Gasteiger charge is -2.10. The molecule has 0 bridgehead atoms. The fourth-order valence-electron chi connectivity index (χ4n) is 1.08. The van der Waals surface area contributed by atoms with E-state index >= 15 is 0 Å². The number of benzene rings is 1. The Balaban J connectivity index is 3.26. The molecule has 0 amide bonds. The third kappa shape index (κ3) is 2.26. The van der Waals surface area contributed by atoms with E-state index in [1.54, 1.807) is 13.0 Å². The molecule has 3 nitrogen and oxygen atoms in total. The Morgan fingerprint density at radius 1 is 1.57 bits per heavy atom. The third-order valence-electron chi connectivity index (χ3n) is 1.78. The highest BCUT2D eigenvalue weighted by atomic mass is 79.9. The zero-order valence-electron chi connectivity index (χ0n) is 7.29. The van der Waals surface area contributed by atoms with Crippen LogP contribution in [-0.4, -0.2) is 16.2 Å². The molecule has 0 saturated heterocycles. The lowest BCUT2D eigenvalue weighted by Crippen LogP contribution is -2.11. The van der Waals surface area contributed by atoms with Crippen LogP contribution in [0.15, 0.2) is 16.6 Å². The minimum Gasteiger partial charge on any atom is -0.479 e. The average Bonchev–Trinajstić information content (AvgIpc) is 2.09. The molecule has 0 aliphatic carbocycles. The van der Waals surface area contributed by atoms with Crippen molar-refractivity contribution in [2.75, 3.05) is 0 Å². The molecule has 0 spiro atoms. The van der Waals surface area contributed by atoms with Crippen LogP contribution in [0.2, 0.25) is 5.02 Å². The maximum absolute atomic E-state index is 10.6. The van der Waals surface area contributed by atoms with Crippen LogP contribution in [0, 0.1) is 6.92 Å². The van der Waals surface area contributed by atoms with Gasteiger partial charge in [-0.15, -0.1) is 0 Å². The van der Waals surface area contributed by atoms with E-state index in [0.717, 1.165) is 5.56 Å². The Morgan fingerprint density at radius 2 is 2.14 bits per heavy atom. The van der Waals surface area contributed by atoms with Crippen molar-refractivity contribution in [3.63, 3.8) is 0 Å². The smallest absolute Gasteiger partial charge is 0.337 e. The van der Waals surface area contributed by atoms with Gasteiger partial charge in [-0.05, 0) is 24.6 Å². The van der Waals surface area contributed by atoms with Gasteiger partial charge in [-0.1, -0.05) is 27.5 Å². The van der Waals surface area contributed by atoms with Crippen LogP contribution in [0.4, 0.5) is 0 Å². The van der Waals surface area contributed by atoms with E-state index in [9.17, 15) is 9.90 Å². The largest absolute Gasteiger partial charge is 0.479 e. The van der Waals surface area contributed by atoms with Gasteiger partial charge in [0.25, 0.3) is 0 Å². The van der Waals surface area contributed by atoms with Gasteiger partial charge in [-0.3, -0.25) is 0 Å². The number of hydrogen-bond donors (Lipinski definition) is 2. The van der Waals surface area contributed by atoms with Gasteiger partial charge in [-0.2, -0.15) is 0 Å². The minimum atomic E-state index is -1.55. The van der Waals surface area contributed by atoms with E-state index < -0.39 is 12.1 Å². The molecule has 0 saturated carbocycles. The molecule has 14 heavy (non-hydrogen) atoms. The van der Waals surface area contributed by atoms with E-state index in [0.29, 0.717) is 9.50 Å². The lowest BCUT2D eigenvalue weighted by molar-refractivity contribution is -0.147. The van der Waals surface area contributed by atoms with Gasteiger partial charge in [0.05, 0.1) is 0 Å². The molecule has 0 heterocycles. The zero-order chi connectivity index (χ0) is 10.9. The van der Waals surface area contributed by atoms with Crippen LogP contribution < -0.4 is 0 Å². The summed E-state index contributed by atoms with van der Waals surface area (Å²) in [4.78, 5) is 10.6. The molecule has 1 aromatic carbocycles. The number of carboxylic acids is 1. The van der Waals surface area contributed by atoms with Gasteiger partial charge < -0.3 is 10.2 Å². The van der Waals surface area contributed by atoms with E-state index in [1.165, 1.54) is 6.07 Å². The molecule has 0 aliphatic heterocycles. The summed E-state index contributed by atoms with van der Waals surface area (Å²) >= 11 is 8.95. The van der Waals surface area contributed by atoms with Gasteiger partial charge in [0.2, 0.25) is 0 Å². The van der Waals surface area contributed by atoms with Crippen LogP contribution in [0.5, 0.6) is 0 Å². The number of carbonyl (C=O) groups is 1. The fraction of sp³-hybridized carbons (Fsp3) is 0.222. The Morgan fingerprint density at radius 3 is 2.64 bits per heavy atom. The van der Waals surface area contributed by atoms with Crippen LogP contribution in [0.1, 0.15) is 17.2 Å². The number of rotatable bonds is 2. The predicted molar refractivity (Wildman–Crippen MR) is 56.5 cm³/mol. The molecule has 0 aliphatic rings. The zero-order valence-corrected chi connectivity index (χ0v) is 9.63. The SMILES string of the molecule is Cc1cc(Cl)cc(C(O)C(=O)O)c1Br. The number of aryl methyl sites for hydroxylation is 1. The quantitative estimate of drug-likeness (QED) is 0.874. The molecule has 5 heteroatoms. The monoisotopic (exact) mass is 278 g/mol. The molecule has 0 fully saturated rings. The number of aliphatic carboxylic acids is 1. The first-order chi connectivity index (χ1) is 6.43. The Bertz CT molecular complexity index is 379. The third-order valence-corrected chi connectivity index (χ3v) is 3.08. The van der Waals surface area contributed by atoms with Crippen LogP contribution in [0.3, 0.4) is 0 Å². The van der Waals surface area contributed by atoms with Crippen molar-refractivity contribution in [1.82, 2.24) is 0 Å². The second-order valence-corrected chi connectivity index (χ2v) is 4.10. The van der Waals surface area contributed by atoms with Gasteiger partial charge >= 0.3 is 5.97 Å². The van der Waals surface area contributed by atoms with Crippen LogP contribution >= 0.6 is 27.5 Å². The molecular weight excluding hydrogens is 271 g/mol. The van der Waals surface area contributed by atoms with Crippen molar-refractivity contribution < 1.29 is 15.0 Å². The van der Waals surface area contributed by atoms with Crippen molar-refractivity contribution >= 4 is 33.5 Å². The standard InChI is InChI=1S/C9H8BrClO3/c1-4-2-5(11)3-6(7(4)10)8(12)9(13)14/h2-3,8,12H,1H3,(H,13,14). The van der Waals surface area contributed by atoms with Crippen molar-refractivity contribution in [2.24, 2.45) is 0 Å². The molecule has 1 unspecified atom stereocenters. The normalized spacial score (nSPS) is 12.6. The van der Waals surface area contributed by atoms with Crippen molar-refractivity contribution in [3.8, 4) is 0 Å². The Hall–Kier alpha value is -0.580. The summed E-state index contributed by atoms with van der Waals surface area (Å²) in [6, 6.07) is 3.11. The maximum atomic E-state index is 10.6. The summed E-state index contributed by atoms with van der Waals surface area (Å²) in [7, 11) is 0. The van der Waals surface area contributed by atoms with Gasteiger partial charge in [0.1, 0.15) is 0 Å². The number of hydrogen-bond acceptors (Lipinski definition) is 2. The van der Waals surface area contributed by atoms with Crippen LogP contribution in [-0.2, 0) is 4.79 Å². The Kier molecular flexibility index (Phi) is 3.53. The number of aliphatic hydroxyl groups is 1. The highest BCUT2D eigenvalue weighted by molar-refractivity contribution is 9.10. The van der Waals surface area contributed by atoms with Crippen molar-refractivity contribution in [1.29, 1.82) is 0 Å². The van der Waals surface area contributed by atoms with E-state index in [4.69, 9.17) is 16.7 Å². The molecule has 1 aromatic rings. The highest BCUT2D eigenvalue weighted by Gasteiger charge is 2.20. The van der Waals surface area contributed by atoms with Gasteiger partial charge in [0.15, 0.2) is 6.10 Å². The number of carboxylic acid groups (broad SMARTS) is 1. The highest BCUT2D eigenvalue weighted by Crippen LogP contribution is 2.30. The molecular formula is C9H8BrClO3. The molecule has 1 rings (SSSR count). The fourth-order valence-corrected chi connectivity index (χ4v) is 1.81. The predicted octanol–water partition coefficient (Wildman–Crippen LogP) is 2.53. The lowest BCUT2D eigenvalue weighted by atomic mass is 10.1. The summed E-state index contributed by atoms with van der Waals surface area (Å²) in [6.45, 7) is 1.77. The minimum absolute atomic E-state index is 0.266.